The molecular formula is C34H39F3N4O. The average molecular weight is 577 g/mol. The van der Waals surface area contributed by atoms with E-state index in [1.165, 1.54) is 23.0 Å². The fraction of sp³-hybridized carbons (Fsp3) is 0.412. The Morgan fingerprint density at radius 3 is 2.24 bits per heavy atom. The molecular weight excluding hydrogens is 537 g/mol. The van der Waals surface area contributed by atoms with E-state index in [9.17, 15) is 18.0 Å². The number of hydrogen-bond donors (Lipinski definition) is 0. The van der Waals surface area contributed by atoms with Crippen LogP contribution >= 0.6 is 0 Å². The molecule has 0 radical (unpaired) electrons. The van der Waals surface area contributed by atoms with Crippen molar-refractivity contribution in [1.29, 1.82) is 0 Å². The van der Waals surface area contributed by atoms with Gasteiger partial charge in [0.25, 0.3) is 0 Å². The summed E-state index contributed by atoms with van der Waals surface area (Å²) in [6.07, 6.45) is 2.53. The van der Waals surface area contributed by atoms with E-state index in [2.05, 4.69) is 52.3 Å². The normalized spacial score (nSPS) is 15.5. The van der Waals surface area contributed by atoms with Crippen molar-refractivity contribution < 1.29 is 18.0 Å². The smallest absolute Gasteiger partial charge is 0.367 e. The predicted molar refractivity (Wildman–Crippen MR) is 161 cm³/mol. The van der Waals surface area contributed by atoms with E-state index < -0.39 is 12.0 Å². The lowest BCUT2D eigenvalue weighted by Gasteiger charge is -2.30. The number of aromatic nitrogens is 2. The molecule has 0 saturated heterocycles. The Labute approximate surface area is 246 Å². The predicted octanol–water partition coefficient (Wildman–Crippen LogP) is 8.22. The zero-order valence-electron chi connectivity index (χ0n) is 24.0. The van der Waals surface area contributed by atoms with E-state index in [0.29, 0.717) is 30.5 Å². The Balaban J connectivity index is 1.33. The molecule has 1 aliphatic rings. The molecule has 0 atom stereocenters. The summed E-state index contributed by atoms with van der Waals surface area (Å²) in [5.74, 6) is -0.932. The van der Waals surface area contributed by atoms with E-state index >= 15 is 0 Å². The molecule has 1 aliphatic heterocycles. The summed E-state index contributed by atoms with van der Waals surface area (Å²) in [6.45, 7) is 2.96. The third-order valence-electron chi connectivity index (χ3n) is 8.05. The quantitative estimate of drug-likeness (QED) is 0.232. The van der Waals surface area contributed by atoms with Crippen LogP contribution in [-0.4, -0.2) is 33.4 Å². The first-order valence-electron chi connectivity index (χ1n) is 15.1. The molecule has 3 aromatic carbocycles. The van der Waals surface area contributed by atoms with Crippen LogP contribution in [0.4, 0.5) is 18.9 Å². The standard InChI is InChI=1S/C34H39F3N4O/c35-34(36,37)33-38-29-18-9-11-20-31(29)41(33)24-14-21-32(42)40-23-13-4-2-1-3-12-22-39(25-27-15-6-5-7-16-27)30-19-10-8-17-28(30)26-40/h5-11,15-20H,1-4,12-14,21-26H2. The number of rotatable bonds is 6. The summed E-state index contributed by atoms with van der Waals surface area (Å²) in [7, 11) is 0. The molecule has 5 nitrogen and oxygen atoms in total. The van der Waals surface area contributed by atoms with Gasteiger partial charge in [0.15, 0.2) is 0 Å². The monoisotopic (exact) mass is 576 g/mol. The topological polar surface area (TPSA) is 41.4 Å². The van der Waals surface area contributed by atoms with E-state index in [-0.39, 0.29) is 18.9 Å². The van der Waals surface area contributed by atoms with Gasteiger partial charge in [-0.2, -0.15) is 13.2 Å². The number of para-hydroxylation sites is 3. The largest absolute Gasteiger partial charge is 0.449 e. The number of carbonyl (C=O) groups is 1. The maximum Gasteiger partial charge on any atom is 0.449 e. The summed E-state index contributed by atoms with van der Waals surface area (Å²) in [6, 6.07) is 25.4. The van der Waals surface area contributed by atoms with Crippen LogP contribution in [0.1, 0.15) is 68.3 Å². The number of imidazole rings is 1. The minimum Gasteiger partial charge on any atom is -0.367 e. The van der Waals surface area contributed by atoms with Crippen LogP contribution in [0.3, 0.4) is 0 Å². The molecule has 8 heteroatoms. The highest BCUT2D eigenvalue weighted by molar-refractivity contribution is 5.77. The van der Waals surface area contributed by atoms with Crippen LogP contribution in [0.25, 0.3) is 11.0 Å². The molecule has 0 spiro atoms. The number of benzene rings is 3. The van der Waals surface area contributed by atoms with Crippen molar-refractivity contribution >= 4 is 22.6 Å². The molecule has 1 amide bonds. The van der Waals surface area contributed by atoms with Crippen molar-refractivity contribution in [2.45, 2.75) is 77.2 Å². The zero-order chi connectivity index (χ0) is 29.4. The number of aryl methyl sites for hydroxylation is 1. The summed E-state index contributed by atoms with van der Waals surface area (Å²) in [5, 5.41) is 0. The van der Waals surface area contributed by atoms with Gasteiger partial charge in [0.1, 0.15) is 0 Å². The number of anilines is 1. The molecule has 0 unspecified atom stereocenters. The number of hydrogen-bond acceptors (Lipinski definition) is 3. The molecule has 5 rings (SSSR count). The van der Waals surface area contributed by atoms with Gasteiger partial charge in [0, 0.05) is 44.8 Å². The highest BCUT2D eigenvalue weighted by atomic mass is 19.4. The number of fused-ring (bicyclic) bond motifs is 2. The molecule has 42 heavy (non-hydrogen) atoms. The van der Waals surface area contributed by atoms with Crippen LogP contribution in [0, 0.1) is 0 Å². The van der Waals surface area contributed by atoms with Crippen molar-refractivity contribution in [3.63, 3.8) is 0 Å². The summed E-state index contributed by atoms with van der Waals surface area (Å²) < 4.78 is 42.5. The molecule has 0 saturated carbocycles. The maximum atomic E-state index is 13.8. The Kier molecular flexibility index (Phi) is 9.82. The summed E-state index contributed by atoms with van der Waals surface area (Å²) in [4.78, 5) is 21.8. The highest BCUT2D eigenvalue weighted by Crippen LogP contribution is 2.32. The Hall–Kier alpha value is -3.81. The molecule has 0 fully saturated rings. The molecule has 4 aromatic rings. The van der Waals surface area contributed by atoms with Gasteiger partial charge in [-0.3, -0.25) is 4.79 Å². The highest BCUT2D eigenvalue weighted by Gasteiger charge is 2.37. The van der Waals surface area contributed by atoms with E-state index in [4.69, 9.17) is 0 Å². The second-order valence-corrected chi connectivity index (χ2v) is 11.1. The first-order valence-corrected chi connectivity index (χ1v) is 15.1. The van der Waals surface area contributed by atoms with Crippen molar-refractivity contribution in [2.24, 2.45) is 0 Å². The third-order valence-corrected chi connectivity index (χ3v) is 8.05. The molecule has 2 heterocycles. The summed E-state index contributed by atoms with van der Waals surface area (Å²) >= 11 is 0. The third kappa shape index (κ3) is 7.52. The van der Waals surface area contributed by atoms with Gasteiger partial charge >= 0.3 is 6.18 Å². The van der Waals surface area contributed by atoms with Crippen molar-refractivity contribution in [1.82, 2.24) is 14.5 Å². The van der Waals surface area contributed by atoms with Gasteiger partial charge in [0.2, 0.25) is 11.7 Å². The lowest BCUT2D eigenvalue weighted by atomic mass is 10.1. The second kappa shape index (κ2) is 13.9. The first-order chi connectivity index (χ1) is 20.4. The van der Waals surface area contributed by atoms with Crippen molar-refractivity contribution in [2.75, 3.05) is 18.0 Å². The number of nitrogens with zero attached hydrogens (tertiary/aromatic N) is 4. The molecule has 222 valence electrons. The number of carbonyl (C=O) groups excluding carboxylic acids is 1. The van der Waals surface area contributed by atoms with Gasteiger partial charge in [-0.15, -0.1) is 0 Å². The van der Waals surface area contributed by atoms with Crippen LogP contribution in [0.15, 0.2) is 78.9 Å². The molecule has 0 N–H and O–H groups in total. The van der Waals surface area contributed by atoms with Crippen molar-refractivity contribution in [3.8, 4) is 0 Å². The Bertz CT molecular complexity index is 1450. The molecule has 0 aliphatic carbocycles. The Morgan fingerprint density at radius 1 is 0.786 bits per heavy atom. The molecule has 0 bridgehead atoms. The Morgan fingerprint density at radius 2 is 1.45 bits per heavy atom. The lowest BCUT2D eigenvalue weighted by Crippen LogP contribution is -2.33. The van der Waals surface area contributed by atoms with E-state index in [0.717, 1.165) is 50.0 Å². The average Bonchev–Trinajstić information content (AvgIpc) is 3.37. The number of alkyl halides is 3. The summed E-state index contributed by atoms with van der Waals surface area (Å²) in [5.41, 5.74) is 4.23. The van der Waals surface area contributed by atoms with E-state index in [1.807, 2.05) is 17.0 Å². The fourth-order valence-electron chi connectivity index (χ4n) is 5.92. The SMILES string of the molecule is O=C(CCCn1c(C(F)(F)F)nc2ccccc21)N1CCCCCCCCN(Cc2ccccc2)c2ccccc2C1. The maximum absolute atomic E-state index is 13.8. The second-order valence-electron chi connectivity index (χ2n) is 11.1. The minimum atomic E-state index is -4.56. The zero-order valence-corrected chi connectivity index (χ0v) is 24.0. The van der Waals surface area contributed by atoms with Crippen LogP contribution in [-0.2, 0) is 30.6 Å². The van der Waals surface area contributed by atoms with Crippen LogP contribution in [0.5, 0.6) is 0 Å². The number of amides is 1. The molecule has 1 aromatic heterocycles. The van der Waals surface area contributed by atoms with Crippen LogP contribution in [0.2, 0.25) is 0 Å². The van der Waals surface area contributed by atoms with Gasteiger partial charge in [-0.25, -0.2) is 4.98 Å². The lowest BCUT2D eigenvalue weighted by molar-refractivity contribution is -0.146. The van der Waals surface area contributed by atoms with Gasteiger partial charge in [-0.05, 0) is 48.6 Å². The van der Waals surface area contributed by atoms with E-state index in [1.54, 1.807) is 24.3 Å². The first kappa shape index (κ1) is 29.7. The fourth-order valence-corrected chi connectivity index (χ4v) is 5.92. The van der Waals surface area contributed by atoms with Crippen LogP contribution < -0.4 is 4.90 Å². The van der Waals surface area contributed by atoms with Gasteiger partial charge in [-0.1, -0.05) is 86.3 Å². The number of halogens is 3. The minimum absolute atomic E-state index is 0.0211. The van der Waals surface area contributed by atoms with Crippen molar-refractivity contribution in [3.05, 3.63) is 95.8 Å². The van der Waals surface area contributed by atoms with Gasteiger partial charge < -0.3 is 14.4 Å². The van der Waals surface area contributed by atoms with Gasteiger partial charge in [0.05, 0.1) is 11.0 Å².